The fourth-order valence-electron chi connectivity index (χ4n) is 1.82. The summed E-state index contributed by atoms with van der Waals surface area (Å²) in [5, 5.41) is 5.32. The molecule has 0 amide bonds. The Morgan fingerprint density at radius 1 is 1.57 bits per heavy atom. The molecule has 1 aliphatic rings. The van der Waals surface area contributed by atoms with Gasteiger partial charge in [0.15, 0.2) is 0 Å². The first-order chi connectivity index (χ1) is 6.77. The van der Waals surface area contributed by atoms with Crippen molar-refractivity contribution in [3.8, 4) is 0 Å². The van der Waals surface area contributed by atoms with E-state index < -0.39 is 6.17 Å². The van der Waals surface area contributed by atoms with Crippen LogP contribution in [0.4, 0.5) is 4.39 Å². The van der Waals surface area contributed by atoms with Gasteiger partial charge in [0.2, 0.25) is 0 Å². The number of halogens is 2. The molecule has 1 nitrogen and oxygen atoms in total. The third-order valence-electron chi connectivity index (χ3n) is 2.65. The highest BCUT2D eigenvalue weighted by molar-refractivity contribution is 9.10. The average Bonchev–Trinajstić information content (AvgIpc) is 2.72. The van der Waals surface area contributed by atoms with E-state index in [2.05, 4.69) is 21.2 Å². The number of hydrogen-bond donors (Lipinski definition) is 1. The lowest BCUT2D eigenvalue weighted by Crippen LogP contribution is -2.32. The van der Waals surface area contributed by atoms with Crippen LogP contribution in [0.25, 0.3) is 0 Å². The van der Waals surface area contributed by atoms with E-state index in [1.54, 1.807) is 11.3 Å². The van der Waals surface area contributed by atoms with E-state index in [4.69, 9.17) is 0 Å². The highest BCUT2D eigenvalue weighted by Gasteiger charge is 2.26. The first-order valence-corrected chi connectivity index (χ1v) is 6.54. The van der Waals surface area contributed by atoms with Gasteiger partial charge in [0.1, 0.15) is 6.17 Å². The van der Waals surface area contributed by atoms with Crippen molar-refractivity contribution in [3.63, 3.8) is 0 Å². The van der Waals surface area contributed by atoms with E-state index in [1.165, 1.54) is 4.88 Å². The molecule has 0 aliphatic heterocycles. The Morgan fingerprint density at radius 3 is 3.00 bits per heavy atom. The quantitative estimate of drug-likeness (QED) is 0.892. The molecule has 4 heteroatoms. The van der Waals surface area contributed by atoms with Crippen molar-refractivity contribution in [2.45, 2.75) is 38.0 Å². The summed E-state index contributed by atoms with van der Waals surface area (Å²) in [5.41, 5.74) is 0. The van der Waals surface area contributed by atoms with E-state index >= 15 is 0 Å². The van der Waals surface area contributed by atoms with Crippen LogP contribution in [0.2, 0.25) is 0 Å². The minimum atomic E-state index is -0.645. The molecule has 1 N–H and O–H groups in total. The zero-order chi connectivity index (χ0) is 9.97. The number of nitrogens with one attached hydrogen (secondary N) is 1. The minimum absolute atomic E-state index is 0.0731. The Bertz CT molecular complexity index is 302. The van der Waals surface area contributed by atoms with Crippen molar-refractivity contribution in [2.24, 2.45) is 0 Å². The lowest BCUT2D eigenvalue weighted by molar-refractivity contribution is 0.279. The predicted octanol–water partition coefficient (Wildman–Crippen LogP) is 3.49. The van der Waals surface area contributed by atoms with Crippen LogP contribution in [-0.2, 0) is 6.54 Å². The van der Waals surface area contributed by atoms with Crippen LogP contribution in [0.5, 0.6) is 0 Å². The lowest BCUT2D eigenvalue weighted by Gasteiger charge is -2.14. The van der Waals surface area contributed by atoms with Gasteiger partial charge in [0.25, 0.3) is 0 Å². The fraction of sp³-hybridized carbons (Fsp3) is 0.600. The van der Waals surface area contributed by atoms with E-state index in [0.717, 1.165) is 30.3 Å². The van der Waals surface area contributed by atoms with Crippen LogP contribution in [0.3, 0.4) is 0 Å². The van der Waals surface area contributed by atoms with Crippen LogP contribution < -0.4 is 5.32 Å². The first kappa shape index (κ1) is 10.6. The van der Waals surface area contributed by atoms with Crippen LogP contribution in [-0.4, -0.2) is 12.2 Å². The van der Waals surface area contributed by atoms with E-state index in [0.29, 0.717) is 0 Å². The van der Waals surface area contributed by atoms with Gasteiger partial charge in [-0.1, -0.05) is 0 Å². The van der Waals surface area contributed by atoms with Crippen LogP contribution in [0, 0.1) is 0 Å². The number of rotatable bonds is 3. The molecule has 1 fully saturated rings. The predicted molar refractivity (Wildman–Crippen MR) is 61.4 cm³/mol. The zero-order valence-electron chi connectivity index (χ0n) is 7.80. The van der Waals surface area contributed by atoms with E-state index in [-0.39, 0.29) is 6.04 Å². The second kappa shape index (κ2) is 4.73. The summed E-state index contributed by atoms with van der Waals surface area (Å²) >= 11 is 5.17. The molecule has 0 saturated heterocycles. The Hall–Kier alpha value is 0.0700. The molecular formula is C10H13BrFNS. The highest BCUT2D eigenvalue weighted by Crippen LogP contribution is 2.25. The molecular weight excluding hydrogens is 265 g/mol. The van der Waals surface area contributed by atoms with Gasteiger partial charge in [-0.2, -0.15) is 0 Å². The molecule has 1 saturated carbocycles. The monoisotopic (exact) mass is 277 g/mol. The minimum Gasteiger partial charge on any atom is -0.306 e. The topological polar surface area (TPSA) is 12.0 Å². The molecule has 1 aromatic rings. The molecule has 0 bridgehead atoms. The summed E-state index contributed by atoms with van der Waals surface area (Å²) in [6.07, 6.45) is 2.08. The van der Waals surface area contributed by atoms with E-state index in [1.807, 2.05) is 11.4 Å². The molecule has 1 aromatic heterocycles. The summed E-state index contributed by atoms with van der Waals surface area (Å²) in [7, 11) is 0. The second-order valence-electron chi connectivity index (χ2n) is 3.63. The smallest absolute Gasteiger partial charge is 0.115 e. The standard InChI is InChI=1S/C10H13BrFNS/c11-7-4-5-14-10(7)6-13-9-3-1-2-8(9)12/h4-5,8-9,13H,1-3,6H2/t8-,9+/m0/s1. The molecule has 2 rings (SSSR count). The molecule has 1 aliphatic carbocycles. The summed E-state index contributed by atoms with van der Waals surface area (Å²) < 4.78 is 14.4. The molecule has 0 aromatic carbocycles. The first-order valence-electron chi connectivity index (χ1n) is 4.86. The molecule has 0 radical (unpaired) electrons. The van der Waals surface area contributed by atoms with Crippen molar-refractivity contribution in [1.82, 2.24) is 5.32 Å². The summed E-state index contributed by atoms with van der Waals surface area (Å²) in [5.74, 6) is 0. The SMILES string of the molecule is F[C@H]1CCC[C@H]1NCc1sccc1Br. The average molecular weight is 278 g/mol. The van der Waals surface area contributed by atoms with Crippen molar-refractivity contribution in [2.75, 3.05) is 0 Å². The van der Waals surface area contributed by atoms with Crippen molar-refractivity contribution in [1.29, 1.82) is 0 Å². The highest BCUT2D eigenvalue weighted by atomic mass is 79.9. The lowest BCUT2D eigenvalue weighted by atomic mass is 10.2. The van der Waals surface area contributed by atoms with Crippen LogP contribution in [0.15, 0.2) is 15.9 Å². The van der Waals surface area contributed by atoms with Crippen LogP contribution >= 0.6 is 27.3 Å². The number of alkyl halides is 1. The van der Waals surface area contributed by atoms with Gasteiger partial charge in [-0.15, -0.1) is 11.3 Å². The van der Waals surface area contributed by atoms with Gasteiger partial charge in [0.05, 0.1) is 0 Å². The zero-order valence-corrected chi connectivity index (χ0v) is 10.2. The van der Waals surface area contributed by atoms with Gasteiger partial charge in [-0.25, -0.2) is 4.39 Å². The van der Waals surface area contributed by atoms with Crippen LogP contribution in [0.1, 0.15) is 24.1 Å². The molecule has 2 atom stereocenters. The maximum absolute atomic E-state index is 13.2. The van der Waals surface area contributed by atoms with Gasteiger partial charge in [-0.05, 0) is 46.6 Å². The molecule has 0 spiro atoms. The summed E-state index contributed by atoms with van der Waals surface area (Å²) in [6, 6.07) is 2.10. The van der Waals surface area contributed by atoms with Crippen molar-refractivity contribution in [3.05, 3.63) is 20.8 Å². The van der Waals surface area contributed by atoms with Gasteiger partial charge in [-0.3, -0.25) is 0 Å². The Kier molecular flexibility index (Phi) is 3.57. The maximum Gasteiger partial charge on any atom is 0.115 e. The third-order valence-corrected chi connectivity index (χ3v) is 4.57. The van der Waals surface area contributed by atoms with Crippen molar-refractivity contribution >= 4 is 27.3 Å². The number of thiophene rings is 1. The Balaban J connectivity index is 1.85. The van der Waals surface area contributed by atoms with Gasteiger partial charge < -0.3 is 5.32 Å². The molecule has 14 heavy (non-hydrogen) atoms. The third kappa shape index (κ3) is 2.35. The summed E-state index contributed by atoms with van der Waals surface area (Å²) in [6.45, 7) is 0.781. The fourth-order valence-corrected chi connectivity index (χ4v) is 3.26. The van der Waals surface area contributed by atoms with E-state index in [9.17, 15) is 4.39 Å². The Labute approximate surface area is 95.8 Å². The molecule has 78 valence electrons. The molecule has 0 unspecified atom stereocenters. The van der Waals surface area contributed by atoms with Gasteiger partial charge in [0, 0.05) is 21.9 Å². The maximum atomic E-state index is 13.2. The summed E-state index contributed by atoms with van der Waals surface area (Å²) in [4.78, 5) is 1.25. The Morgan fingerprint density at radius 2 is 2.43 bits per heavy atom. The normalized spacial score (nSPS) is 27.0. The second-order valence-corrected chi connectivity index (χ2v) is 5.48. The van der Waals surface area contributed by atoms with Gasteiger partial charge >= 0.3 is 0 Å². The number of hydrogen-bond acceptors (Lipinski definition) is 2. The van der Waals surface area contributed by atoms with Crippen molar-refractivity contribution < 1.29 is 4.39 Å². The molecule has 1 heterocycles. The largest absolute Gasteiger partial charge is 0.306 e.